The van der Waals surface area contributed by atoms with Gasteiger partial charge in [-0.2, -0.15) is 5.10 Å². The van der Waals surface area contributed by atoms with E-state index < -0.39 is 0 Å². The van der Waals surface area contributed by atoms with Crippen molar-refractivity contribution >= 4 is 0 Å². The van der Waals surface area contributed by atoms with E-state index in [1.807, 2.05) is 11.7 Å². The predicted octanol–water partition coefficient (Wildman–Crippen LogP) is 0.531. The van der Waals surface area contributed by atoms with Crippen LogP contribution in [0.4, 0.5) is 0 Å². The SMILES string of the molecule is CCc1cc(CN2CC(CN)OCC2C)n(C)n1. The molecular formula is C13H24N4O. The third-order valence-corrected chi connectivity index (χ3v) is 3.65. The smallest absolute Gasteiger partial charge is 0.0824 e. The van der Waals surface area contributed by atoms with E-state index in [2.05, 4.69) is 29.9 Å². The van der Waals surface area contributed by atoms with Crippen molar-refractivity contribution in [3.05, 3.63) is 17.5 Å². The summed E-state index contributed by atoms with van der Waals surface area (Å²) in [5, 5.41) is 4.49. The first-order chi connectivity index (χ1) is 8.63. The molecule has 0 aliphatic carbocycles. The zero-order chi connectivity index (χ0) is 13.1. The standard InChI is InChI=1S/C13H24N4O/c1-4-11-5-12(16(3)15-11)7-17-8-13(6-14)18-9-10(17)2/h5,10,13H,4,6-9,14H2,1-3H3. The molecule has 1 saturated heterocycles. The Morgan fingerprint density at radius 1 is 1.56 bits per heavy atom. The first kappa shape index (κ1) is 13.5. The van der Waals surface area contributed by atoms with Crippen LogP contribution in [0.25, 0.3) is 0 Å². The van der Waals surface area contributed by atoms with E-state index in [1.54, 1.807) is 0 Å². The molecular weight excluding hydrogens is 228 g/mol. The highest BCUT2D eigenvalue weighted by molar-refractivity contribution is 5.10. The van der Waals surface area contributed by atoms with E-state index in [-0.39, 0.29) is 6.10 Å². The van der Waals surface area contributed by atoms with Crippen molar-refractivity contribution in [2.24, 2.45) is 12.8 Å². The fourth-order valence-electron chi connectivity index (χ4n) is 2.34. The van der Waals surface area contributed by atoms with Crippen molar-refractivity contribution in [2.75, 3.05) is 19.7 Å². The van der Waals surface area contributed by atoms with Crippen LogP contribution < -0.4 is 5.73 Å². The highest BCUT2D eigenvalue weighted by Crippen LogP contribution is 2.15. The third-order valence-electron chi connectivity index (χ3n) is 3.65. The summed E-state index contributed by atoms with van der Waals surface area (Å²) >= 11 is 0. The molecule has 5 heteroatoms. The predicted molar refractivity (Wildman–Crippen MR) is 71.3 cm³/mol. The molecule has 1 aliphatic rings. The summed E-state index contributed by atoms with van der Waals surface area (Å²) in [6, 6.07) is 2.63. The van der Waals surface area contributed by atoms with Crippen LogP contribution in [0.2, 0.25) is 0 Å². The summed E-state index contributed by atoms with van der Waals surface area (Å²) in [6.07, 6.45) is 1.15. The summed E-state index contributed by atoms with van der Waals surface area (Å²) in [7, 11) is 2.01. The minimum atomic E-state index is 0.167. The lowest BCUT2D eigenvalue weighted by molar-refractivity contribution is -0.0574. The lowest BCUT2D eigenvalue weighted by Crippen LogP contribution is -2.50. The summed E-state index contributed by atoms with van der Waals surface area (Å²) in [5.74, 6) is 0. The average Bonchev–Trinajstić information content (AvgIpc) is 2.73. The van der Waals surface area contributed by atoms with Gasteiger partial charge in [0.2, 0.25) is 0 Å². The minimum absolute atomic E-state index is 0.167. The topological polar surface area (TPSA) is 56.3 Å². The third kappa shape index (κ3) is 2.91. The molecule has 2 heterocycles. The summed E-state index contributed by atoms with van der Waals surface area (Å²) in [6.45, 7) is 7.52. The molecule has 0 saturated carbocycles. The molecule has 102 valence electrons. The largest absolute Gasteiger partial charge is 0.374 e. The number of hydrogen-bond acceptors (Lipinski definition) is 4. The van der Waals surface area contributed by atoms with Crippen molar-refractivity contribution in [3.63, 3.8) is 0 Å². The van der Waals surface area contributed by atoms with Gasteiger partial charge in [-0.05, 0) is 19.4 Å². The van der Waals surface area contributed by atoms with Crippen molar-refractivity contribution in [1.29, 1.82) is 0 Å². The molecule has 0 amide bonds. The van der Waals surface area contributed by atoms with Crippen molar-refractivity contribution in [1.82, 2.24) is 14.7 Å². The van der Waals surface area contributed by atoms with Gasteiger partial charge in [0.25, 0.3) is 0 Å². The van der Waals surface area contributed by atoms with Crippen LogP contribution in [-0.2, 0) is 24.8 Å². The number of nitrogens with two attached hydrogens (primary N) is 1. The second kappa shape index (κ2) is 5.82. The van der Waals surface area contributed by atoms with E-state index in [9.17, 15) is 0 Å². The van der Waals surface area contributed by atoms with E-state index in [4.69, 9.17) is 10.5 Å². The fourth-order valence-corrected chi connectivity index (χ4v) is 2.34. The maximum Gasteiger partial charge on any atom is 0.0824 e. The van der Waals surface area contributed by atoms with E-state index in [0.717, 1.165) is 31.8 Å². The van der Waals surface area contributed by atoms with Gasteiger partial charge in [0.05, 0.1) is 24.1 Å². The van der Waals surface area contributed by atoms with Gasteiger partial charge in [-0.25, -0.2) is 0 Å². The van der Waals surface area contributed by atoms with Crippen molar-refractivity contribution in [3.8, 4) is 0 Å². The van der Waals surface area contributed by atoms with E-state index >= 15 is 0 Å². The minimum Gasteiger partial charge on any atom is -0.374 e. The average molecular weight is 252 g/mol. The van der Waals surface area contributed by atoms with Crippen LogP contribution in [-0.4, -0.2) is 46.5 Å². The summed E-state index contributed by atoms with van der Waals surface area (Å²) in [5.41, 5.74) is 8.11. The molecule has 18 heavy (non-hydrogen) atoms. The molecule has 5 nitrogen and oxygen atoms in total. The lowest BCUT2D eigenvalue weighted by atomic mass is 10.2. The number of nitrogens with zero attached hydrogens (tertiary/aromatic N) is 3. The molecule has 0 aromatic carbocycles. The van der Waals surface area contributed by atoms with Crippen LogP contribution in [0, 0.1) is 0 Å². The second-order valence-corrected chi connectivity index (χ2v) is 5.07. The monoisotopic (exact) mass is 252 g/mol. The summed E-state index contributed by atoms with van der Waals surface area (Å²) < 4.78 is 7.66. The van der Waals surface area contributed by atoms with Crippen molar-refractivity contribution in [2.45, 2.75) is 39.0 Å². The Balaban J connectivity index is 2.04. The first-order valence-corrected chi connectivity index (χ1v) is 6.71. The van der Waals surface area contributed by atoms with Crippen LogP contribution in [0.3, 0.4) is 0 Å². The van der Waals surface area contributed by atoms with Gasteiger partial charge in [0.1, 0.15) is 0 Å². The van der Waals surface area contributed by atoms with E-state index in [1.165, 1.54) is 5.69 Å². The van der Waals surface area contributed by atoms with Crippen LogP contribution in [0.1, 0.15) is 25.2 Å². The Kier molecular flexibility index (Phi) is 4.37. The Labute approximate surface area is 109 Å². The number of morpholine rings is 1. The Bertz CT molecular complexity index is 390. The highest BCUT2D eigenvalue weighted by Gasteiger charge is 2.25. The van der Waals surface area contributed by atoms with Gasteiger partial charge in [-0.15, -0.1) is 0 Å². The molecule has 2 N–H and O–H groups in total. The van der Waals surface area contributed by atoms with Crippen LogP contribution >= 0.6 is 0 Å². The van der Waals surface area contributed by atoms with Gasteiger partial charge in [-0.1, -0.05) is 6.92 Å². The van der Waals surface area contributed by atoms with Crippen molar-refractivity contribution < 1.29 is 4.74 Å². The lowest BCUT2D eigenvalue weighted by Gasteiger charge is -2.37. The molecule has 1 aliphatic heterocycles. The van der Waals surface area contributed by atoms with Crippen LogP contribution in [0.15, 0.2) is 6.07 Å². The summed E-state index contributed by atoms with van der Waals surface area (Å²) in [4.78, 5) is 2.43. The number of aryl methyl sites for hydroxylation is 2. The molecule has 0 radical (unpaired) electrons. The maximum atomic E-state index is 5.69. The van der Waals surface area contributed by atoms with Gasteiger partial charge < -0.3 is 10.5 Å². The Morgan fingerprint density at radius 2 is 2.33 bits per heavy atom. The molecule has 0 bridgehead atoms. The second-order valence-electron chi connectivity index (χ2n) is 5.07. The van der Waals surface area contributed by atoms with Gasteiger partial charge in [-0.3, -0.25) is 9.58 Å². The number of rotatable bonds is 4. The zero-order valence-electron chi connectivity index (χ0n) is 11.6. The number of ether oxygens (including phenoxy) is 1. The molecule has 2 unspecified atom stereocenters. The van der Waals surface area contributed by atoms with Gasteiger partial charge >= 0.3 is 0 Å². The number of hydrogen-bond donors (Lipinski definition) is 1. The molecule has 0 spiro atoms. The quantitative estimate of drug-likeness (QED) is 0.849. The molecule has 1 aromatic heterocycles. The normalized spacial score (nSPS) is 25.6. The first-order valence-electron chi connectivity index (χ1n) is 6.71. The fraction of sp³-hybridized carbons (Fsp3) is 0.769. The van der Waals surface area contributed by atoms with E-state index in [0.29, 0.717) is 12.6 Å². The van der Waals surface area contributed by atoms with Gasteiger partial charge in [0.15, 0.2) is 0 Å². The zero-order valence-corrected chi connectivity index (χ0v) is 11.6. The molecule has 1 fully saturated rings. The Hall–Kier alpha value is -0.910. The molecule has 2 rings (SSSR count). The highest BCUT2D eigenvalue weighted by atomic mass is 16.5. The number of aromatic nitrogens is 2. The molecule has 2 atom stereocenters. The molecule has 1 aromatic rings. The Morgan fingerprint density at radius 3 is 2.94 bits per heavy atom. The maximum absolute atomic E-state index is 5.69. The van der Waals surface area contributed by atoms with Crippen LogP contribution in [0.5, 0.6) is 0 Å². The van der Waals surface area contributed by atoms with Gasteiger partial charge in [0, 0.05) is 32.7 Å².